The largest absolute Gasteiger partial charge is 1.00 e. The molecule has 0 bridgehead atoms. The quantitative estimate of drug-likeness (QED) is 0.285. The molecule has 5 heteroatoms. The first-order valence-corrected chi connectivity index (χ1v) is 3.21. The van der Waals surface area contributed by atoms with E-state index in [1.165, 1.54) is 12.1 Å². The van der Waals surface area contributed by atoms with E-state index in [2.05, 4.69) is 5.32 Å². The molecule has 0 aliphatic carbocycles. The zero-order chi connectivity index (χ0) is 8.69. The summed E-state index contributed by atoms with van der Waals surface area (Å²) in [6.07, 6.45) is 0.788. The van der Waals surface area contributed by atoms with E-state index < -0.39 is 11.5 Å². The van der Waals surface area contributed by atoms with Gasteiger partial charge in [0, 0.05) is 6.54 Å². The van der Waals surface area contributed by atoms with Crippen molar-refractivity contribution in [1.82, 2.24) is 5.32 Å². The third-order valence-electron chi connectivity index (χ3n) is 0.986. The van der Waals surface area contributed by atoms with E-state index in [-0.39, 0.29) is 51.4 Å². The van der Waals surface area contributed by atoms with Crippen molar-refractivity contribution in [2.24, 2.45) is 0 Å². The topological polar surface area (TPSA) is 82.7 Å². The number of hydrogen-bond acceptors (Lipinski definition) is 4. The van der Waals surface area contributed by atoms with E-state index in [1.54, 1.807) is 0 Å². The standard InChI is InChI=1S/C7H9N3O.K/c1-2-3-10-7(11)6(4-8)5-9;/h10-11H,2-3H2,1H3;/q;+1/p-1. The summed E-state index contributed by atoms with van der Waals surface area (Å²) in [7, 11) is 0. The van der Waals surface area contributed by atoms with Gasteiger partial charge in [0.25, 0.3) is 0 Å². The molecule has 0 heterocycles. The van der Waals surface area contributed by atoms with E-state index in [1.807, 2.05) is 6.92 Å². The van der Waals surface area contributed by atoms with Crippen LogP contribution < -0.4 is 61.8 Å². The zero-order valence-corrected chi connectivity index (χ0v) is 10.3. The van der Waals surface area contributed by atoms with Gasteiger partial charge in [-0.2, -0.15) is 10.5 Å². The van der Waals surface area contributed by atoms with Gasteiger partial charge in [0.15, 0.2) is 0 Å². The molecule has 0 aromatic heterocycles. The molecule has 12 heavy (non-hydrogen) atoms. The summed E-state index contributed by atoms with van der Waals surface area (Å²) >= 11 is 0. The summed E-state index contributed by atoms with van der Waals surface area (Å²) in [4.78, 5) is 0. The van der Waals surface area contributed by atoms with Gasteiger partial charge in [-0.3, -0.25) is 0 Å². The normalized spacial score (nSPS) is 6.92. The minimum absolute atomic E-state index is 0. The second-order valence-electron chi connectivity index (χ2n) is 1.85. The maximum atomic E-state index is 10.8. The summed E-state index contributed by atoms with van der Waals surface area (Å²) < 4.78 is 0. The molecule has 0 aliphatic heterocycles. The SMILES string of the molecule is CCCNC([O-])=C(C#N)C#N.[K+]. The molecule has 0 aromatic rings. The maximum Gasteiger partial charge on any atom is 1.00 e. The second kappa shape index (κ2) is 9.05. The minimum atomic E-state index is -0.586. The van der Waals surface area contributed by atoms with Crippen molar-refractivity contribution in [3.05, 3.63) is 11.5 Å². The van der Waals surface area contributed by atoms with Crippen molar-refractivity contribution in [3.63, 3.8) is 0 Å². The van der Waals surface area contributed by atoms with Crippen LogP contribution in [0.25, 0.3) is 0 Å². The molecule has 0 unspecified atom stereocenters. The molecule has 0 saturated carbocycles. The fraction of sp³-hybridized carbons (Fsp3) is 0.429. The molecule has 0 saturated heterocycles. The number of nitrogens with zero attached hydrogens (tertiary/aromatic N) is 2. The smallest absolute Gasteiger partial charge is 0.859 e. The third-order valence-corrected chi connectivity index (χ3v) is 0.986. The van der Waals surface area contributed by atoms with E-state index >= 15 is 0 Å². The van der Waals surface area contributed by atoms with Gasteiger partial charge in [0.05, 0.1) is 0 Å². The molecule has 4 nitrogen and oxygen atoms in total. The summed E-state index contributed by atoms with van der Waals surface area (Å²) in [5, 5.41) is 29.6. The molecule has 0 aromatic carbocycles. The van der Waals surface area contributed by atoms with Gasteiger partial charge < -0.3 is 10.4 Å². The molecule has 58 valence electrons. The molecule has 0 radical (unpaired) electrons. The van der Waals surface area contributed by atoms with E-state index in [0.29, 0.717) is 6.54 Å². The number of allylic oxidation sites excluding steroid dienone is 1. The summed E-state index contributed by atoms with van der Waals surface area (Å²) in [5.74, 6) is -0.586. The van der Waals surface area contributed by atoms with Gasteiger partial charge in [-0.15, -0.1) is 0 Å². The number of hydrogen-bond donors (Lipinski definition) is 1. The van der Waals surface area contributed by atoms with Crippen molar-refractivity contribution in [3.8, 4) is 12.1 Å². The first-order valence-electron chi connectivity index (χ1n) is 3.21. The average molecular weight is 189 g/mol. The van der Waals surface area contributed by atoms with Crippen LogP contribution in [0.3, 0.4) is 0 Å². The van der Waals surface area contributed by atoms with Crippen molar-refractivity contribution < 1.29 is 56.5 Å². The first-order chi connectivity index (χ1) is 5.26. The molecule has 0 atom stereocenters. The predicted molar refractivity (Wildman–Crippen MR) is 36.5 cm³/mol. The van der Waals surface area contributed by atoms with Crippen molar-refractivity contribution in [2.75, 3.05) is 6.54 Å². The molecule has 1 N–H and O–H groups in total. The molecular formula is C7H8KN3O. The Labute approximate surface area is 114 Å². The van der Waals surface area contributed by atoms with Crippen LogP contribution in [0.5, 0.6) is 0 Å². The third kappa shape index (κ3) is 5.59. The van der Waals surface area contributed by atoms with Gasteiger partial charge in [-0.05, 0) is 12.3 Å². The Kier molecular flexibility index (Phi) is 10.9. The Bertz CT molecular complexity index is 220. The maximum absolute atomic E-state index is 10.8. The molecule has 0 rings (SSSR count). The monoisotopic (exact) mass is 189 g/mol. The molecule has 0 aliphatic rings. The average Bonchev–Trinajstić information content (AvgIpc) is 2.03. The number of nitrogens with one attached hydrogen (secondary N) is 1. The molecule has 0 fully saturated rings. The van der Waals surface area contributed by atoms with Gasteiger partial charge in [-0.1, -0.05) is 6.92 Å². The summed E-state index contributed by atoms with van der Waals surface area (Å²) in [6, 6.07) is 3.01. The Morgan fingerprint density at radius 2 is 1.92 bits per heavy atom. The van der Waals surface area contributed by atoms with Crippen molar-refractivity contribution in [1.29, 1.82) is 10.5 Å². The Morgan fingerprint density at radius 3 is 2.25 bits per heavy atom. The molecule has 0 spiro atoms. The Morgan fingerprint density at radius 1 is 1.42 bits per heavy atom. The van der Waals surface area contributed by atoms with Gasteiger partial charge in [0.1, 0.15) is 17.7 Å². The Balaban J connectivity index is 0. The second-order valence-corrected chi connectivity index (χ2v) is 1.85. The van der Waals surface area contributed by atoms with Gasteiger partial charge in [0.2, 0.25) is 0 Å². The van der Waals surface area contributed by atoms with E-state index in [9.17, 15) is 5.11 Å². The predicted octanol–water partition coefficient (Wildman–Crippen LogP) is -3.39. The summed E-state index contributed by atoms with van der Waals surface area (Å²) in [6.45, 7) is 2.38. The van der Waals surface area contributed by atoms with Crippen LogP contribution in [0.2, 0.25) is 0 Å². The summed E-state index contributed by atoms with van der Waals surface area (Å²) in [5.41, 5.74) is -0.390. The number of rotatable bonds is 3. The van der Waals surface area contributed by atoms with Crippen LogP contribution in [-0.4, -0.2) is 6.54 Å². The zero-order valence-electron chi connectivity index (χ0n) is 7.22. The van der Waals surface area contributed by atoms with Gasteiger partial charge >= 0.3 is 51.4 Å². The van der Waals surface area contributed by atoms with Crippen LogP contribution in [-0.2, 0) is 0 Å². The van der Waals surface area contributed by atoms with E-state index in [0.717, 1.165) is 6.42 Å². The van der Waals surface area contributed by atoms with Gasteiger partial charge in [-0.25, -0.2) is 0 Å². The molecular weight excluding hydrogens is 181 g/mol. The first kappa shape index (κ1) is 14.5. The Hall–Kier alpha value is -0.0436. The fourth-order valence-corrected chi connectivity index (χ4v) is 0.453. The fourth-order valence-electron chi connectivity index (χ4n) is 0.453. The number of nitriles is 2. The van der Waals surface area contributed by atoms with E-state index in [4.69, 9.17) is 10.5 Å². The van der Waals surface area contributed by atoms with Crippen molar-refractivity contribution in [2.45, 2.75) is 13.3 Å². The van der Waals surface area contributed by atoms with Crippen LogP contribution in [0.1, 0.15) is 13.3 Å². The van der Waals surface area contributed by atoms with Crippen LogP contribution in [0.4, 0.5) is 0 Å². The van der Waals surface area contributed by atoms with Crippen LogP contribution in [0.15, 0.2) is 11.5 Å². The van der Waals surface area contributed by atoms with Crippen LogP contribution in [0, 0.1) is 22.7 Å². The minimum Gasteiger partial charge on any atom is -0.859 e. The molecule has 0 amide bonds. The van der Waals surface area contributed by atoms with Crippen molar-refractivity contribution >= 4 is 0 Å². The van der Waals surface area contributed by atoms with Crippen LogP contribution >= 0.6 is 0 Å².